The normalized spacial score (nSPS) is 12.2. The van der Waals surface area contributed by atoms with Gasteiger partial charge < -0.3 is 15.2 Å². The quantitative estimate of drug-likeness (QED) is 0.662. The van der Waals surface area contributed by atoms with Gasteiger partial charge in [-0.2, -0.15) is 0 Å². The van der Waals surface area contributed by atoms with Gasteiger partial charge in [-0.25, -0.2) is 9.98 Å². The van der Waals surface area contributed by atoms with Gasteiger partial charge in [0.05, 0.1) is 11.0 Å². The van der Waals surface area contributed by atoms with Crippen molar-refractivity contribution in [2.45, 2.75) is 33.4 Å². The Morgan fingerprint density at radius 3 is 2.75 bits per heavy atom. The number of guanidine groups is 1. The molecular formula is C15H23N5. The molecule has 0 bridgehead atoms. The number of rotatable bonds is 4. The molecule has 0 aliphatic carbocycles. The number of benzene rings is 1. The van der Waals surface area contributed by atoms with Crippen LogP contribution in [0.3, 0.4) is 0 Å². The van der Waals surface area contributed by atoms with Crippen LogP contribution in [-0.2, 0) is 13.6 Å². The van der Waals surface area contributed by atoms with E-state index in [0.29, 0.717) is 12.6 Å². The predicted octanol–water partition coefficient (Wildman–Crippen LogP) is 2.04. The zero-order valence-electron chi connectivity index (χ0n) is 12.6. The number of nitrogens with zero attached hydrogens (tertiary/aromatic N) is 3. The van der Waals surface area contributed by atoms with Gasteiger partial charge in [-0.05, 0) is 32.9 Å². The molecule has 5 heteroatoms. The standard InChI is InChI=1S/C15H23N5/c1-5-16-15(18-11(2)3)17-10-14-19-12-8-6-7-9-13(12)20(14)4/h6-9,11H,5,10H2,1-4H3,(H2,16,17,18). The first kappa shape index (κ1) is 14.4. The Kier molecular flexibility index (Phi) is 4.61. The van der Waals surface area contributed by atoms with Crippen molar-refractivity contribution in [3.05, 3.63) is 30.1 Å². The highest BCUT2D eigenvalue weighted by atomic mass is 15.2. The van der Waals surface area contributed by atoms with Gasteiger partial charge in [0.15, 0.2) is 5.96 Å². The minimum absolute atomic E-state index is 0.355. The van der Waals surface area contributed by atoms with Crippen LogP contribution in [0.15, 0.2) is 29.3 Å². The SMILES string of the molecule is CCNC(=NCc1nc2ccccc2n1C)NC(C)C. The molecular weight excluding hydrogens is 250 g/mol. The Morgan fingerprint density at radius 1 is 1.35 bits per heavy atom. The predicted molar refractivity (Wildman–Crippen MR) is 83.8 cm³/mol. The number of hydrogen-bond acceptors (Lipinski definition) is 2. The molecule has 108 valence electrons. The molecule has 0 amide bonds. The van der Waals surface area contributed by atoms with Gasteiger partial charge >= 0.3 is 0 Å². The van der Waals surface area contributed by atoms with Crippen LogP contribution in [0.25, 0.3) is 11.0 Å². The van der Waals surface area contributed by atoms with E-state index in [9.17, 15) is 0 Å². The largest absolute Gasteiger partial charge is 0.357 e. The van der Waals surface area contributed by atoms with Crippen LogP contribution < -0.4 is 10.6 Å². The lowest BCUT2D eigenvalue weighted by molar-refractivity contribution is 0.696. The highest BCUT2D eigenvalue weighted by molar-refractivity contribution is 5.80. The first-order valence-corrected chi connectivity index (χ1v) is 7.07. The molecule has 1 heterocycles. The van der Waals surface area contributed by atoms with Crippen molar-refractivity contribution >= 4 is 17.0 Å². The molecule has 0 aliphatic rings. The van der Waals surface area contributed by atoms with Gasteiger partial charge in [-0.1, -0.05) is 12.1 Å². The molecule has 0 saturated carbocycles. The van der Waals surface area contributed by atoms with Crippen molar-refractivity contribution in [1.29, 1.82) is 0 Å². The number of nitrogens with one attached hydrogen (secondary N) is 2. The number of hydrogen-bond donors (Lipinski definition) is 2. The fourth-order valence-corrected chi connectivity index (χ4v) is 2.08. The summed E-state index contributed by atoms with van der Waals surface area (Å²) >= 11 is 0. The molecule has 0 radical (unpaired) electrons. The van der Waals surface area contributed by atoms with Gasteiger partial charge in [0.1, 0.15) is 12.4 Å². The average Bonchev–Trinajstić information content (AvgIpc) is 2.73. The summed E-state index contributed by atoms with van der Waals surface area (Å²) in [5.41, 5.74) is 2.15. The van der Waals surface area contributed by atoms with E-state index < -0.39 is 0 Å². The lowest BCUT2D eigenvalue weighted by atomic mass is 10.3. The number of imidazole rings is 1. The summed E-state index contributed by atoms with van der Waals surface area (Å²) in [4.78, 5) is 9.21. The molecule has 0 saturated heterocycles. The Bertz CT molecular complexity index is 597. The first-order chi connectivity index (χ1) is 9.61. The molecule has 0 spiro atoms. The van der Waals surface area contributed by atoms with Gasteiger partial charge in [0.25, 0.3) is 0 Å². The van der Waals surface area contributed by atoms with Gasteiger partial charge in [-0.15, -0.1) is 0 Å². The molecule has 1 aromatic carbocycles. The summed E-state index contributed by atoms with van der Waals surface area (Å²) in [6, 6.07) is 8.50. The van der Waals surface area contributed by atoms with E-state index in [0.717, 1.165) is 29.4 Å². The van der Waals surface area contributed by atoms with Crippen LogP contribution >= 0.6 is 0 Å². The Hall–Kier alpha value is -2.04. The van der Waals surface area contributed by atoms with Crippen LogP contribution in [0.5, 0.6) is 0 Å². The van der Waals surface area contributed by atoms with Crippen molar-refractivity contribution in [3.63, 3.8) is 0 Å². The van der Waals surface area contributed by atoms with Crippen molar-refractivity contribution in [2.75, 3.05) is 6.54 Å². The first-order valence-electron chi connectivity index (χ1n) is 7.07. The third kappa shape index (κ3) is 3.29. The van der Waals surface area contributed by atoms with Crippen molar-refractivity contribution < 1.29 is 0 Å². The molecule has 0 unspecified atom stereocenters. The summed E-state index contributed by atoms with van der Waals surface area (Å²) in [7, 11) is 2.03. The summed E-state index contributed by atoms with van der Waals surface area (Å²) in [5.74, 6) is 1.79. The fourth-order valence-electron chi connectivity index (χ4n) is 2.08. The maximum absolute atomic E-state index is 4.62. The molecule has 0 fully saturated rings. The van der Waals surface area contributed by atoms with Crippen LogP contribution in [0.2, 0.25) is 0 Å². The van der Waals surface area contributed by atoms with E-state index in [4.69, 9.17) is 0 Å². The lowest BCUT2D eigenvalue weighted by Crippen LogP contribution is -2.41. The van der Waals surface area contributed by atoms with Gasteiger partial charge in [0, 0.05) is 19.6 Å². The maximum Gasteiger partial charge on any atom is 0.191 e. The minimum Gasteiger partial charge on any atom is -0.357 e. The number of aryl methyl sites for hydroxylation is 1. The van der Waals surface area contributed by atoms with Crippen molar-refractivity contribution in [2.24, 2.45) is 12.0 Å². The van der Waals surface area contributed by atoms with E-state index in [1.807, 2.05) is 25.2 Å². The van der Waals surface area contributed by atoms with Crippen LogP contribution in [0.1, 0.15) is 26.6 Å². The number of aliphatic imine (C=N–C) groups is 1. The molecule has 2 aromatic rings. The van der Waals surface area contributed by atoms with Crippen molar-refractivity contribution in [1.82, 2.24) is 20.2 Å². The number of fused-ring (bicyclic) bond motifs is 1. The molecule has 5 nitrogen and oxygen atoms in total. The maximum atomic E-state index is 4.62. The second-order valence-electron chi connectivity index (χ2n) is 5.07. The molecule has 2 N–H and O–H groups in total. The van der Waals surface area contributed by atoms with Crippen LogP contribution in [-0.4, -0.2) is 28.1 Å². The topological polar surface area (TPSA) is 54.2 Å². The van der Waals surface area contributed by atoms with E-state index >= 15 is 0 Å². The third-order valence-corrected chi connectivity index (χ3v) is 3.03. The van der Waals surface area contributed by atoms with E-state index in [2.05, 4.69) is 52.0 Å². The Morgan fingerprint density at radius 2 is 2.10 bits per heavy atom. The van der Waals surface area contributed by atoms with E-state index in [-0.39, 0.29) is 0 Å². The average molecular weight is 273 g/mol. The van der Waals surface area contributed by atoms with Crippen LogP contribution in [0, 0.1) is 0 Å². The third-order valence-electron chi connectivity index (χ3n) is 3.03. The van der Waals surface area contributed by atoms with Gasteiger partial charge in [0.2, 0.25) is 0 Å². The number of para-hydroxylation sites is 2. The fraction of sp³-hybridized carbons (Fsp3) is 0.467. The minimum atomic E-state index is 0.355. The van der Waals surface area contributed by atoms with Crippen molar-refractivity contribution in [3.8, 4) is 0 Å². The summed E-state index contributed by atoms with van der Waals surface area (Å²) in [6.07, 6.45) is 0. The zero-order valence-corrected chi connectivity index (χ0v) is 12.6. The molecule has 0 atom stereocenters. The van der Waals surface area contributed by atoms with E-state index in [1.165, 1.54) is 0 Å². The molecule has 0 aliphatic heterocycles. The van der Waals surface area contributed by atoms with Crippen LogP contribution in [0.4, 0.5) is 0 Å². The molecule has 1 aromatic heterocycles. The number of aromatic nitrogens is 2. The lowest BCUT2D eigenvalue weighted by Gasteiger charge is -2.13. The molecule has 2 rings (SSSR count). The highest BCUT2D eigenvalue weighted by Gasteiger charge is 2.07. The smallest absolute Gasteiger partial charge is 0.191 e. The highest BCUT2D eigenvalue weighted by Crippen LogP contribution is 2.14. The summed E-state index contributed by atoms with van der Waals surface area (Å²) < 4.78 is 2.10. The monoisotopic (exact) mass is 273 g/mol. The van der Waals surface area contributed by atoms with E-state index in [1.54, 1.807) is 0 Å². The molecule has 20 heavy (non-hydrogen) atoms. The van der Waals surface area contributed by atoms with Gasteiger partial charge in [-0.3, -0.25) is 0 Å². The Balaban J connectivity index is 2.19. The second kappa shape index (κ2) is 6.41. The second-order valence-corrected chi connectivity index (χ2v) is 5.07. The summed E-state index contributed by atoms with van der Waals surface area (Å²) in [6.45, 7) is 7.67. The Labute approximate surface area is 120 Å². The zero-order chi connectivity index (χ0) is 14.5. The summed E-state index contributed by atoms with van der Waals surface area (Å²) in [5, 5.41) is 6.55.